The fourth-order valence-corrected chi connectivity index (χ4v) is 3.57. The predicted octanol–water partition coefficient (Wildman–Crippen LogP) is 1.10. The molecule has 0 radical (unpaired) electrons. The Kier molecular flexibility index (Phi) is 5.86. The largest absolute Gasteiger partial charge is 0.345 e. The Hall–Kier alpha value is -3.51. The third kappa shape index (κ3) is 4.23. The minimum atomic E-state index is -0.299. The summed E-state index contributed by atoms with van der Waals surface area (Å²) < 4.78 is 1.76. The Labute approximate surface area is 174 Å². The van der Waals surface area contributed by atoms with Gasteiger partial charge >= 0.3 is 0 Å². The van der Waals surface area contributed by atoms with E-state index in [0.29, 0.717) is 25.6 Å². The van der Waals surface area contributed by atoms with Crippen LogP contribution in [0.5, 0.6) is 0 Å². The molecule has 1 amide bonds. The lowest BCUT2D eigenvalue weighted by Crippen LogP contribution is -2.44. The highest BCUT2D eigenvalue weighted by Gasteiger charge is 2.25. The van der Waals surface area contributed by atoms with E-state index in [1.807, 2.05) is 18.2 Å². The number of hydrogen-bond donors (Lipinski definition) is 2. The van der Waals surface area contributed by atoms with Gasteiger partial charge in [-0.2, -0.15) is 0 Å². The van der Waals surface area contributed by atoms with Gasteiger partial charge in [-0.05, 0) is 37.5 Å². The van der Waals surface area contributed by atoms with Crippen LogP contribution in [0, 0.1) is 11.8 Å². The minimum absolute atomic E-state index is 0.0921. The van der Waals surface area contributed by atoms with Gasteiger partial charge in [-0.3, -0.25) is 19.3 Å². The van der Waals surface area contributed by atoms with E-state index in [2.05, 4.69) is 42.2 Å². The molecule has 1 aliphatic heterocycles. The molecule has 3 N–H and O–H groups in total. The third-order valence-electron chi connectivity index (χ3n) is 5.08. The van der Waals surface area contributed by atoms with Crippen LogP contribution in [0.1, 0.15) is 35.9 Å². The van der Waals surface area contributed by atoms with Gasteiger partial charge in [0.15, 0.2) is 0 Å². The molecular formula is C21H24N8O. The van der Waals surface area contributed by atoms with Crippen molar-refractivity contribution in [2.75, 3.05) is 18.0 Å². The highest BCUT2D eigenvalue weighted by Crippen LogP contribution is 2.19. The number of fused-ring (bicyclic) bond motifs is 1. The maximum Gasteiger partial charge on any atom is 0.289 e. The lowest BCUT2D eigenvalue weighted by Gasteiger charge is -2.31. The van der Waals surface area contributed by atoms with Crippen molar-refractivity contribution in [3.63, 3.8) is 0 Å². The van der Waals surface area contributed by atoms with Crippen molar-refractivity contribution in [3.8, 4) is 11.8 Å². The highest BCUT2D eigenvalue weighted by molar-refractivity contribution is 5.91. The molecule has 0 saturated carbocycles. The van der Waals surface area contributed by atoms with Crippen molar-refractivity contribution in [3.05, 3.63) is 42.0 Å². The summed E-state index contributed by atoms with van der Waals surface area (Å²) in [5, 5.41) is 11.4. The molecule has 9 nitrogen and oxygen atoms in total. The number of rotatable bonds is 5. The standard InChI is InChI=1S/C21H24N8O/c1-2-3-11-29-19(26-27-21(29)28-10-4-5-16(22)14-28)20(30)25-13-15-6-7-17-18(12-15)24-9-8-23-17/h6-9,12,16H,4-5,10-11,13-14,22H2,1H3,(H,25,30). The molecule has 1 unspecified atom stereocenters. The fraction of sp³-hybridized carbons (Fsp3) is 0.381. The Bertz CT molecular complexity index is 1110. The molecule has 1 aliphatic rings. The van der Waals surface area contributed by atoms with Gasteiger partial charge in [-0.25, -0.2) is 0 Å². The average molecular weight is 404 g/mol. The number of nitrogens with zero attached hydrogens (tertiary/aromatic N) is 6. The van der Waals surface area contributed by atoms with E-state index in [-0.39, 0.29) is 17.8 Å². The normalized spacial score (nSPS) is 16.2. The molecule has 9 heteroatoms. The van der Waals surface area contributed by atoms with Gasteiger partial charge in [0.25, 0.3) is 5.91 Å². The number of anilines is 1. The molecule has 0 bridgehead atoms. The highest BCUT2D eigenvalue weighted by atomic mass is 16.2. The third-order valence-corrected chi connectivity index (χ3v) is 5.08. The Morgan fingerprint density at radius 1 is 1.27 bits per heavy atom. The number of amides is 1. The average Bonchev–Trinajstić information content (AvgIpc) is 3.20. The quantitative estimate of drug-likeness (QED) is 0.612. The zero-order valence-corrected chi connectivity index (χ0v) is 16.9. The van der Waals surface area contributed by atoms with E-state index in [4.69, 9.17) is 5.73 Å². The van der Waals surface area contributed by atoms with Crippen molar-refractivity contribution >= 4 is 22.9 Å². The van der Waals surface area contributed by atoms with Crippen molar-refractivity contribution in [2.45, 2.75) is 38.9 Å². The maximum absolute atomic E-state index is 12.9. The number of nitrogens with one attached hydrogen (secondary N) is 1. The molecule has 1 fully saturated rings. The van der Waals surface area contributed by atoms with Crippen LogP contribution in [0.4, 0.5) is 5.95 Å². The minimum Gasteiger partial charge on any atom is -0.345 e. The van der Waals surface area contributed by atoms with Crippen LogP contribution >= 0.6 is 0 Å². The molecule has 1 atom stereocenters. The number of carbonyl (C=O) groups is 1. The van der Waals surface area contributed by atoms with Crippen LogP contribution in [-0.4, -0.2) is 49.8 Å². The Morgan fingerprint density at radius 3 is 2.90 bits per heavy atom. The molecule has 1 saturated heterocycles. The number of piperidine rings is 1. The van der Waals surface area contributed by atoms with E-state index in [1.165, 1.54) is 0 Å². The van der Waals surface area contributed by atoms with Crippen molar-refractivity contribution in [1.29, 1.82) is 0 Å². The first kappa shape index (κ1) is 19.8. The molecule has 3 aromatic rings. The van der Waals surface area contributed by atoms with E-state index >= 15 is 0 Å². The van der Waals surface area contributed by atoms with E-state index < -0.39 is 0 Å². The molecule has 4 rings (SSSR count). The number of hydrogen-bond acceptors (Lipinski definition) is 7. The monoisotopic (exact) mass is 404 g/mol. The van der Waals surface area contributed by atoms with Gasteiger partial charge in [0.2, 0.25) is 11.8 Å². The van der Waals surface area contributed by atoms with Crippen molar-refractivity contribution < 1.29 is 4.79 Å². The molecule has 1 aromatic carbocycles. The zero-order valence-electron chi connectivity index (χ0n) is 16.9. The van der Waals surface area contributed by atoms with Crippen LogP contribution in [0.2, 0.25) is 0 Å². The summed E-state index contributed by atoms with van der Waals surface area (Å²) in [6.45, 7) is 3.99. The summed E-state index contributed by atoms with van der Waals surface area (Å²) >= 11 is 0. The van der Waals surface area contributed by atoms with Gasteiger partial charge < -0.3 is 16.0 Å². The summed E-state index contributed by atoms with van der Waals surface area (Å²) in [7, 11) is 0. The second-order valence-corrected chi connectivity index (χ2v) is 7.25. The lowest BCUT2D eigenvalue weighted by atomic mass is 10.1. The summed E-state index contributed by atoms with van der Waals surface area (Å²) in [5.74, 6) is 6.46. The number of benzene rings is 1. The van der Waals surface area contributed by atoms with Gasteiger partial charge in [0.1, 0.15) is 0 Å². The first-order valence-corrected chi connectivity index (χ1v) is 9.97. The maximum atomic E-state index is 12.9. The zero-order chi connectivity index (χ0) is 20.9. The van der Waals surface area contributed by atoms with Gasteiger partial charge in [-0.1, -0.05) is 12.0 Å². The summed E-state index contributed by atoms with van der Waals surface area (Å²) in [5.41, 5.74) is 8.64. The lowest BCUT2D eigenvalue weighted by molar-refractivity contribution is 0.0936. The van der Waals surface area contributed by atoms with Crippen LogP contribution in [0.25, 0.3) is 11.0 Å². The van der Waals surface area contributed by atoms with Gasteiger partial charge in [0.05, 0.1) is 17.6 Å². The summed E-state index contributed by atoms with van der Waals surface area (Å²) in [4.78, 5) is 23.5. The fourth-order valence-electron chi connectivity index (χ4n) is 3.57. The van der Waals surface area contributed by atoms with E-state index in [1.54, 1.807) is 23.9 Å². The molecular weight excluding hydrogens is 380 g/mol. The topological polar surface area (TPSA) is 115 Å². The SMILES string of the molecule is CC#CCn1c(C(=O)NCc2ccc3nccnc3c2)nnc1N1CCCC(N)C1. The molecule has 3 heterocycles. The smallest absolute Gasteiger partial charge is 0.289 e. The van der Waals surface area contributed by atoms with E-state index in [0.717, 1.165) is 36.0 Å². The molecule has 2 aromatic heterocycles. The Morgan fingerprint density at radius 2 is 2.10 bits per heavy atom. The summed E-state index contributed by atoms with van der Waals surface area (Å²) in [6, 6.07) is 5.82. The molecule has 0 spiro atoms. The van der Waals surface area contributed by atoms with Gasteiger partial charge in [-0.15, -0.1) is 16.1 Å². The first-order chi connectivity index (χ1) is 14.7. The second-order valence-electron chi connectivity index (χ2n) is 7.25. The van der Waals surface area contributed by atoms with Crippen molar-refractivity contribution in [1.82, 2.24) is 30.0 Å². The second kappa shape index (κ2) is 8.88. The predicted molar refractivity (Wildman–Crippen MR) is 114 cm³/mol. The van der Waals surface area contributed by atoms with Crippen molar-refractivity contribution in [2.24, 2.45) is 5.73 Å². The number of carbonyl (C=O) groups excluding carboxylic acids is 1. The van der Waals surface area contributed by atoms with Crippen LogP contribution in [-0.2, 0) is 13.1 Å². The van der Waals surface area contributed by atoms with Crippen LogP contribution in [0.3, 0.4) is 0 Å². The number of aromatic nitrogens is 5. The molecule has 30 heavy (non-hydrogen) atoms. The first-order valence-electron chi connectivity index (χ1n) is 9.97. The molecule has 0 aliphatic carbocycles. The molecule has 154 valence electrons. The Balaban J connectivity index is 1.52. The van der Waals surface area contributed by atoms with Crippen LogP contribution < -0.4 is 16.0 Å². The van der Waals surface area contributed by atoms with Gasteiger partial charge in [0, 0.05) is 38.1 Å². The van der Waals surface area contributed by atoms with E-state index in [9.17, 15) is 4.79 Å². The summed E-state index contributed by atoms with van der Waals surface area (Å²) in [6.07, 6.45) is 5.28. The number of nitrogens with two attached hydrogens (primary N) is 1. The van der Waals surface area contributed by atoms with Crippen LogP contribution in [0.15, 0.2) is 30.6 Å².